The predicted molar refractivity (Wildman–Crippen MR) is 81.3 cm³/mol. The highest BCUT2D eigenvalue weighted by molar-refractivity contribution is 5.96. The van der Waals surface area contributed by atoms with Crippen LogP contribution in [0.5, 0.6) is 11.5 Å². The van der Waals surface area contributed by atoms with Crippen molar-refractivity contribution in [2.75, 3.05) is 14.2 Å². The Morgan fingerprint density at radius 3 is 2.64 bits per heavy atom. The molecule has 118 valence electrons. The molecule has 2 aromatic rings. The molecule has 0 radical (unpaired) electrons. The van der Waals surface area contributed by atoms with Gasteiger partial charge in [0, 0.05) is 13.0 Å². The molecule has 6 heteroatoms. The fraction of sp³-hybridized carbons (Fsp3) is 0.375. The lowest BCUT2D eigenvalue weighted by Crippen LogP contribution is -2.24. The zero-order chi connectivity index (χ0) is 16.1. The number of benzene rings is 1. The lowest BCUT2D eigenvalue weighted by atomic mass is 10.1. The van der Waals surface area contributed by atoms with Crippen LogP contribution in [0.4, 0.5) is 0 Å². The molecule has 1 aromatic heterocycles. The summed E-state index contributed by atoms with van der Waals surface area (Å²) in [4.78, 5) is 12.3. The minimum absolute atomic E-state index is 0.189. The largest absolute Gasteiger partial charge is 0.493 e. The molecule has 22 heavy (non-hydrogen) atoms. The van der Waals surface area contributed by atoms with Crippen LogP contribution in [0.2, 0.25) is 0 Å². The first-order valence-corrected chi connectivity index (χ1v) is 7.04. The van der Waals surface area contributed by atoms with Gasteiger partial charge in [-0.2, -0.15) is 0 Å². The molecule has 1 heterocycles. The Balaban J connectivity index is 2.09. The number of rotatable bonds is 6. The second-order valence-corrected chi connectivity index (χ2v) is 4.79. The SMILES string of the molecule is CCc1onc(C)c1C(=O)NCc1ccc(OC)c(OC)c1. The number of nitrogens with one attached hydrogen (secondary N) is 1. The molecule has 1 amide bonds. The standard InChI is InChI=1S/C16H20N2O4/c1-5-12-15(10(2)18-22-12)16(19)17-9-11-6-7-13(20-3)14(8-11)21-4/h6-8H,5,9H2,1-4H3,(H,17,19). The normalized spacial score (nSPS) is 10.4. The van der Waals surface area contributed by atoms with E-state index in [2.05, 4.69) is 10.5 Å². The summed E-state index contributed by atoms with van der Waals surface area (Å²) in [6.07, 6.45) is 0.625. The van der Waals surface area contributed by atoms with E-state index < -0.39 is 0 Å². The summed E-state index contributed by atoms with van der Waals surface area (Å²) in [5.74, 6) is 1.69. The molecule has 0 bridgehead atoms. The van der Waals surface area contributed by atoms with Crippen LogP contribution in [0.3, 0.4) is 0 Å². The van der Waals surface area contributed by atoms with Crippen LogP contribution in [0, 0.1) is 6.92 Å². The zero-order valence-corrected chi connectivity index (χ0v) is 13.2. The number of nitrogens with zero attached hydrogens (tertiary/aromatic N) is 1. The van der Waals surface area contributed by atoms with Gasteiger partial charge in [0.1, 0.15) is 11.3 Å². The molecule has 0 aliphatic rings. The minimum atomic E-state index is -0.189. The van der Waals surface area contributed by atoms with Crippen LogP contribution in [-0.2, 0) is 13.0 Å². The molecular formula is C16H20N2O4. The Morgan fingerprint density at radius 2 is 2.00 bits per heavy atom. The number of ether oxygens (including phenoxy) is 2. The van der Waals surface area contributed by atoms with Crippen LogP contribution >= 0.6 is 0 Å². The highest BCUT2D eigenvalue weighted by Gasteiger charge is 2.18. The summed E-state index contributed by atoms with van der Waals surface area (Å²) in [5.41, 5.74) is 2.03. The van der Waals surface area contributed by atoms with Gasteiger partial charge in [-0.25, -0.2) is 0 Å². The Labute approximate surface area is 129 Å². The third-order valence-electron chi connectivity index (χ3n) is 3.38. The molecule has 1 aromatic carbocycles. The number of carbonyl (C=O) groups excluding carboxylic acids is 1. The second-order valence-electron chi connectivity index (χ2n) is 4.79. The van der Waals surface area contributed by atoms with Gasteiger partial charge < -0.3 is 19.3 Å². The molecule has 6 nitrogen and oxygen atoms in total. The first-order valence-electron chi connectivity index (χ1n) is 7.04. The number of carbonyl (C=O) groups is 1. The van der Waals surface area contributed by atoms with E-state index in [4.69, 9.17) is 14.0 Å². The van der Waals surface area contributed by atoms with Gasteiger partial charge in [0.25, 0.3) is 5.91 Å². The van der Waals surface area contributed by atoms with E-state index in [0.717, 1.165) is 5.56 Å². The highest BCUT2D eigenvalue weighted by Crippen LogP contribution is 2.27. The van der Waals surface area contributed by atoms with Gasteiger partial charge in [0.2, 0.25) is 0 Å². The maximum atomic E-state index is 12.3. The van der Waals surface area contributed by atoms with Crippen molar-refractivity contribution in [3.63, 3.8) is 0 Å². The fourth-order valence-corrected chi connectivity index (χ4v) is 2.21. The maximum Gasteiger partial charge on any atom is 0.257 e. The monoisotopic (exact) mass is 304 g/mol. The molecule has 0 unspecified atom stereocenters. The lowest BCUT2D eigenvalue weighted by Gasteiger charge is -2.10. The van der Waals surface area contributed by atoms with Crippen LogP contribution < -0.4 is 14.8 Å². The van der Waals surface area contributed by atoms with Gasteiger partial charge in [0.05, 0.1) is 19.9 Å². The van der Waals surface area contributed by atoms with Crippen molar-refractivity contribution >= 4 is 5.91 Å². The summed E-state index contributed by atoms with van der Waals surface area (Å²) in [6, 6.07) is 5.52. The summed E-state index contributed by atoms with van der Waals surface area (Å²) >= 11 is 0. The molecule has 0 spiro atoms. The predicted octanol–water partition coefficient (Wildman–Crippen LogP) is 2.49. The molecule has 0 fully saturated rings. The summed E-state index contributed by atoms with van der Waals surface area (Å²) in [7, 11) is 3.16. The third-order valence-corrected chi connectivity index (χ3v) is 3.38. The van der Waals surface area contributed by atoms with Crippen molar-refractivity contribution in [2.24, 2.45) is 0 Å². The van der Waals surface area contributed by atoms with Crippen molar-refractivity contribution in [3.8, 4) is 11.5 Å². The van der Waals surface area contributed by atoms with Gasteiger partial charge in [-0.15, -0.1) is 0 Å². The summed E-state index contributed by atoms with van der Waals surface area (Å²) in [5, 5.41) is 6.71. The second kappa shape index (κ2) is 6.98. The summed E-state index contributed by atoms with van der Waals surface area (Å²) in [6.45, 7) is 4.06. The number of hydrogen-bond donors (Lipinski definition) is 1. The van der Waals surface area contributed by atoms with Crippen molar-refractivity contribution in [3.05, 3.63) is 40.8 Å². The van der Waals surface area contributed by atoms with Crippen molar-refractivity contribution < 1.29 is 18.8 Å². The van der Waals surface area contributed by atoms with Gasteiger partial charge in [0.15, 0.2) is 11.5 Å². The van der Waals surface area contributed by atoms with E-state index in [1.165, 1.54) is 0 Å². The smallest absolute Gasteiger partial charge is 0.257 e. The van der Waals surface area contributed by atoms with Crippen LogP contribution in [0.15, 0.2) is 22.7 Å². The molecular weight excluding hydrogens is 284 g/mol. The number of aryl methyl sites for hydroxylation is 2. The van der Waals surface area contributed by atoms with Crippen molar-refractivity contribution in [2.45, 2.75) is 26.8 Å². The topological polar surface area (TPSA) is 73.6 Å². The minimum Gasteiger partial charge on any atom is -0.493 e. The van der Waals surface area contributed by atoms with Crippen LogP contribution in [0.1, 0.15) is 34.3 Å². The number of methoxy groups -OCH3 is 2. The maximum absolute atomic E-state index is 12.3. The Hall–Kier alpha value is -2.50. The molecule has 2 rings (SSSR count). The van der Waals surface area contributed by atoms with E-state index in [0.29, 0.717) is 41.5 Å². The Bertz CT molecular complexity index is 664. The quantitative estimate of drug-likeness (QED) is 0.887. The van der Waals surface area contributed by atoms with Gasteiger partial charge in [-0.1, -0.05) is 18.1 Å². The van der Waals surface area contributed by atoms with Crippen LogP contribution in [0.25, 0.3) is 0 Å². The zero-order valence-electron chi connectivity index (χ0n) is 13.2. The number of hydrogen-bond acceptors (Lipinski definition) is 5. The average molecular weight is 304 g/mol. The van der Waals surface area contributed by atoms with Gasteiger partial charge in [-0.3, -0.25) is 4.79 Å². The molecule has 0 aliphatic heterocycles. The Kier molecular flexibility index (Phi) is 5.04. The summed E-state index contributed by atoms with van der Waals surface area (Å²) < 4.78 is 15.6. The fourth-order valence-electron chi connectivity index (χ4n) is 2.21. The van der Waals surface area contributed by atoms with Crippen LogP contribution in [-0.4, -0.2) is 25.3 Å². The Morgan fingerprint density at radius 1 is 1.27 bits per heavy atom. The van der Waals surface area contributed by atoms with Crippen molar-refractivity contribution in [1.29, 1.82) is 0 Å². The van der Waals surface area contributed by atoms with Gasteiger partial charge in [-0.05, 0) is 24.6 Å². The molecule has 0 aliphatic carbocycles. The molecule has 0 atom stereocenters. The first kappa shape index (κ1) is 15.9. The van der Waals surface area contributed by atoms with E-state index in [-0.39, 0.29) is 5.91 Å². The highest BCUT2D eigenvalue weighted by atomic mass is 16.5. The van der Waals surface area contributed by atoms with E-state index in [9.17, 15) is 4.79 Å². The van der Waals surface area contributed by atoms with Gasteiger partial charge >= 0.3 is 0 Å². The first-order chi connectivity index (χ1) is 10.6. The van der Waals surface area contributed by atoms with E-state index >= 15 is 0 Å². The van der Waals surface area contributed by atoms with E-state index in [1.807, 2.05) is 25.1 Å². The number of aromatic nitrogens is 1. The van der Waals surface area contributed by atoms with Crippen molar-refractivity contribution in [1.82, 2.24) is 10.5 Å². The third kappa shape index (κ3) is 3.21. The lowest BCUT2D eigenvalue weighted by molar-refractivity contribution is 0.0948. The van der Waals surface area contributed by atoms with E-state index in [1.54, 1.807) is 21.1 Å². The molecule has 0 saturated carbocycles. The molecule has 0 saturated heterocycles. The average Bonchev–Trinajstić information content (AvgIpc) is 2.93. The molecule has 1 N–H and O–H groups in total. The number of amides is 1.